The van der Waals surface area contributed by atoms with Gasteiger partial charge in [-0.2, -0.15) is 0 Å². The van der Waals surface area contributed by atoms with E-state index >= 15 is 0 Å². The summed E-state index contributed by atoms with van der Waals surface area (Å²) < 4.78 is 0. The van der Waals surface area contributed by atoms with Gasteiger partial charge in [-0.1, -0.05) is 72.3 Å². The minimum atomic E-state index is -0.103. The van der Waals surface area contributed by atoms with E-state index in [0.29, 0.717) is 13.1 Å². The van der Waals surface area contributed by atoms with Gasteiger partial charge in [0.1, 0.15) is 0 Å². The molecule has 0 saturated carbocycles. The molecule has 132 valence electrons. The van der Waals surface area contributed by atoms with Crippen molar-refractivity contribution in [2.45, 2.75) is 13.0 Å². The average Bonchev–Trinajstić information content (AvgIpc) is 2.69. The molecule has 3 aromatic rings. The van der Waals surface area contributed by atoms with E-state index in [1.165, 1.54) is 0 Å². The van der Waals surface area contributed by atoms with Crippen molar-refractivity contribution in [3.8, 4) is 0 Å². The topological polar surface area (TPSA) is 32.3 Å². The first-order valence-electron chi connectivity index (χ1n) is 8.61. The van der Waals surface area contributed by atoms with Crippen LogP contribution in [0.2, 0.25) is 5.02 Å². The van der Waals surface area contributed by atoms with E-state index in [1.54, 1.807) is 4.90 Å². The molecule has 0 unspecified atom stereocenters. The predicted molar refractivity (Wildman–Crippen MR) is 108 cm³/mol. The van der Waals surface area contributed by atoms with Crippen molar-refractivity contribution in [3.63, 3.8) is 0 Å². The van der Waals surface area contributed by atoms with Crippen LogP contribution in [0.1, 0.15) is 11.1 Å². The molecule has 0 bridgehead atoms. The zero-order valence-electron chi connectivity index (χ0n) is 14.4. The number of para-hydroxylation sites is 1. The van der Waals surface area contributed by atoms with E-state index in [0.717, 1.165) is 28.3 Å². The molecule has 0 heterocycles. The van der Waals surface area contributed by atoms with Gasteiger partial charge in [-0.25, -0.2) is 4.79 Å². The number of hydrogen-bond donors (Lipinski definition) is 1. The molecule has 2 amide bonds. The van der Waals surface area contributed by atoms with Gasteiger partial charge in [-0.05, 0) is 41.8 Å². The van der Waals surface area contributed by atoms with Gasteiger partial charge in [0, 0.05) is 17.3 Å². The Morgan fingerprint density at radius 1 is 0.808 bits per heavy atom. The number of carbonyl (C=O) groups is 1. The molecule has 1 N–H and O–H groups in total. The highest BCUT2D eigenvalue weighted by molar-refractivity contribution is 6.30. The van der Waals surface area contributed by atoms with Crippen LogP contribution in [-0.4, -0.2) is 12.6 Å². The number of anilines is 1. The zero-order chi connectivity index (χ0) is 18.2. The summed E-state index contributed by atoms with van der Waals surface area (Å²) in [6.45, 7) is 1.09. The Morgan fingerprint density at radius 2 is 1.42 bits per heavy atom. The third-order valence-electron chi connectivity index (χ3n) is 4.10. The summed E-state index contributed by atoms with van der Waals surface area (Å²) in [5.74, 6) is 0. The van der Waals surface area contributed by atoms with Gasteiger partial charge >= 0.3 is 6.03 Å². The fourth-order valence-corrected chi connectivity index (χ4v) is 2.84. The summed E-state index contributed by atoms with van der Waals surface area (Å²) in [6, 6.07) is 27.3. The average molecular weight is 365 g/mol. The Bertz CT molecular complexity index is 820. The van der Waals surface area contributed by atoms with Crippen molar-refractivity contribution in [1.82, 2.24) is 5.32 Å². The standard InChI is InChI=1S/C22H21ClN2O/c23-20-13-11-18(12-14-20)15-16-24-22(26)25(21-9-5-2-6-10-21)17-19-7-3-1-4-8-19/h1-14H,15-17H2,(H,24,26). The Morgan fingerprint density at radius 3 is 2.08 bits per heavy atom. The second-order valence-electron chi connectivity index (χ2n) is 6.02. The van der Waals surface area contributed by atoms with E-state index in [4.69, 9.17) is 11.6 Å². The minimum absolute atomic E-state index is 0.103. The third-order valence-corrected chi connectivity index (χ3v) is 4.35. The number of urea groups is 1. The number of rotatable bonds is 6. The molecule has 3 rings (SSSR count). The molecule has 26 heavy (non-hydrogen) atoms. The summed E-state index contributed by atoms with van der Waals surface area (Å²) in [4.78, 5) is 14.5. The van der Waals surface area contributed by atoms with Gasteiger partial charge in [0.15, 0.2) is 0 Å². The molecule has 3 nitrogen and oxygen atoms in total. The summed E-state index contributed by atoms with van der Waals surface area (Å²) in [5, 5.41) is 3.74. The van der Waals surface area contributed by atoms with Gasteiger partial charge in [0.05, 0.1) is 6.54 Å². The maximum atomic E-state index is 12.8. The molecule has 0 fully saturated rings. The fourth-order valence-electron chi connectivity index (χ4n) is 2.71. The van der Waals surface area contributed by atoms with Crippen LogP contribution in [0.25, 0.3) is 0 Å². The van der Waals surface area contributed by atoms with Crippen LogP contribution in [-0.2, 0) is 13.0 Å². The van der Waals surface area contributed by atoms with Crippen LogP contribution in [0.15, 0.2) is 84.9 Å². The van der Waals surface area contributed by atoms with Crippen molar-refractivity contribution in [2.24, 2.45) is 0 Å². The number of benzene rings is 3. The van der Waals surface area contributed by atoms with Crippen molar-refractivity contribution in [3.05, 3.63) is 101 Å². The minimum Gasteiger partial charge on any atom is -0.337 e. The first-order valence-corrected chi connectivity index (χ1v) is 8.99. The number of hydrogen-bond acceptors (Lipinski definition) is 1. The lowest BCUT2D eigenvalue weighted by molar-refractivity contribution is 0.246. The monoisotopic (exact) mass is 364 g/mol. The van der Waals surface area contributed by atoms with Crippen LogP contribution >= 0.6 is 11.6 Å². The maximum absolute atomic E-state index is 12.8. The smallest absolute Gasteiger partial charge is 0.322 e. The molecule has 0 aliphatic rings. The van der Waals surface area contributed by atoms with Gasteiger partial charge in [-0.3, -0.25) is 4.90 Å². The summed E-state index contributed by atoms with van der Waals surface area (Å²) in [7, 11) is 0. The number of amides is 2. The highest BCUT2D eigenvalue weighted by Crippen LogP contribution is 2.17. The van der Waals surface area contributed by atoms with Crippen LogP contribution in [0.4, 0.5) is 10.5 Å². The molecule has 0 spiro atoms. The lowest BCUT2D eigenvalue weighted by atomic mass is 10.1. The summed E-state index contributed by atoms with van der Waals surface area (Å²) in [6.07, 6.45) is 0.761. The van der Waals surface area contributed by atoms with E-state index in [-0.39, 0.29) is 6.03 Å². The molecule has 0 aliphatic heterocycles. The Kier molecular flexibility index (Phi) is 6.29. The van der Waals surface area contributed by atoms with E-state index in [1.807, 2.05) is 84.9 Å². The van der Waals surface area contributed by atoms with Crippen molar-refractivity contribution < 1.29 is 4.79 Å². The number of nitrogens with one attached hydrogen (secondary N) is 1. The predicted octanol–water partition coefficient (Wildman–Crippen LogP) is 5.30. The maximum Gasteiger partial charge on any atom is 0.322 e. The molecular weight excluding hydrogens is 344 g/mol. The van der Waals surface area contributed by atoms with Crippen LogP contribution in [0, 0.1) is 0 Å². The lowest BCUT2D eigenvalue weighted by Gasteiger charge is -2.23. The zero-order valence-corrected chi connectivity index (χ0v) is 15.2. The molecule has 0 aliphatic carbocycles. The molecule has 0 saturated heterocycles. The molecule has 0 atom stereocenters. The Balaban J connectivity index is 1.65. The van der Waals surface area contributed by atoms with E-state index in [9.17, 15) is 4.79 Å². The van der Waals surface area contributed by atoms with Crippen molar-refractivity contribution in [2.75, 3.05) is 11.4 Å². The van der Waals surface area contributed by atoms with Crippen molar-refractivity contribution in [1.29, 1.82) is 0 Å². The fraction of sp³-hybridized carbons (Fsp3) is 0.136. The van der Waals surface area contributed by atoms with Crippen LogP contribution in [0.5, 0.6) is 0 Å². The first kappa shape index (κ1) is 18.0. The van der Waals surface area contributed by atoms with Crippen LogP contribution < -0.4 is 10.2 Å². The quantitative estimate of drug-likeness (QED) is 0.632. The summed E-state index contributed by atoms with van der Waals surface area (Å²) in [5.41, 5.74) is 3.11. The molecule has 4 heteroatoms. The lowest BCUT2D eigenvalue weighted by Crippen LogP contribution is -2.40. The number of halogens is 1. The second-order valence-corrected chi connectivity index (χ2v) is 6.45. The van der Waals surface area contributed by atoms with Gasteiger partial charge in [0.25, 0.3) is 0 Å². The molecule has 3 aromatic carbocycles. The molecule has 0 aromatic heterocycles. The van der Waals surface area contributed by atoms with Crippen LogP contribution in [0.3, 0.4) is 0 Å². The largest absolute Gasteiger partial charge is 0.337 e. The van der Waals surface area contributed by atoms with Gasteiger partial charge in [-0.15, -0.1) is 0 Å². The SMILES string of the molecule is O=C(NCCc1ccc(Cl)cc1)N(Cc1ccccc1)c1ccccc1. The number of nitrogens with zero attached hydrogens (tertiary/aromatic N) is 1. The normalized spacial score (nSPS) is 10.3. The van der Waals surface area contributed by atoms with E-state index < -0.39 is 0 Å². The summed E-state index contributed by atoms with van der Waals surface area (Å²) >= 11 is 5.91. The second kappa shape index (κ2) is 9.07. The first-order chi connectivity index (χ1) is 12.7. The van der Waals surface area contributed by atoms with E-state index in [2.05, 4.69) is 5.32 Å². The number of carbonyl (C=O) groups excluding carboxylic acids is 1. The highest BCUT2D eigenvalue weighted by atomic mass is 35.5. The molecular formula is C22H21ClN2O. The van der Waals surface area contributed by atoms with Gasteiger partial charge < -0.3 is 5.32 Å². The van der Waals surface area contributed by atoms with Gasteiger partial charge in [0.2, 0.25) is 0 Å². The molecule has 0 radical (unpaired) electrons. The van der Waals surface area contributed by atoms with Crippen molar-refractivity contribution >= 4 is 23.3 Å². The Labute approximate surface area is 159 Å². The Hall–Kier alpha value is -2.78. The highest BCUT2D eigenvalue weighted by Gasteiger charge is 2.15. The third kappa shape index (κ3) is 5.11.